The van der Waals surface area contributed by atoms with Crippen LogP contribution >= 0.6 is 0 Å². The first-order valence-corrected chi connectivity index (χ1v) is 12.7. The molecule has 0 unspecified atom stereocenters. The lowest BCUT2D eigenvalue weighted by Crippen LogP contribution is -2.52. The van der Waals surface area contributed by atoms with Crippen LogP contribution in [0.15, 0.2) is 59.5 Å². The third-order valence-electron chi connectivity index (χ3n) is 5.89. The van der Waals surface area contributed by atoms with Gasteiger partial charge in [-0.2, -0.15) is 0 Å². The van der Waals surface area contributed by atoms with Crippen molar-refractivity contribution in [3.63, 3.8) is 0 Å². The number of hydrogen-bond donors (Lipinski definition) is 1. The molecule has 0 aliphatic carbocycles. The van der Waals surface area contributed by atoms with E-state index in [1.807, 2.05) is 65.0 Å². The van der Waals surface area contributed by atoms with E-state index < -0.39 is 39.8 Å². The molecule has 2 heterocycles. The Kier molecular flexibility index (Phi) is 6.70. The van der Waals surface area contributed by atoms with Gasteiger partial charge in [0.15, 0.2) is 11.6 Å². The molecule has 4 atom stereocenters. The Labute approximate surface area is 196 Å². The predicted octanol–water partition coefficient (Wildman–Crippen LogP) is 3.56. The van der Waals surface area contributed by atoms with E-state index in [0.717, 1.165) is 11.1 Å². The van der Waals surface area contributed by atoms with Crippen LogP contribution in [0.3, 0.4) is 0 Å². The third-order valence-corrected chi connectivity index (χ3v) is 7.40. The maximum Gasteiger partial charge on any atom is 0.240 e. The summed E-state index contributed by atoms with van der Waals surface area (Å²) >= 11 is 0. The zero-order chi connectivity index (χ0) is 23.9. The van der Waals surface area contributed by atoms with Crippen molar-refractivity contribution in [1.29, 1.82) is 0 Å². The van der Waals surface area contributed by atoms with Crippen LogP contribution in [-0.4, -0.2) is 51.0 Å². The third kappa shape index (κ3) is 5.82. The molecule has 8 heteroatoms. The SMILES string of the molecule is Cc1ccc(S(=O)(=O)N[C@H](Cc2ccccc2)[C@H]2OC(C)(C)O[C@@H]2[C@H]2COC(C)(C)O2)cc1. The van der Waals surface area contributed by atoms with Crippen molar-refractivity contribution in [1.82, 2.24) is 4.72 Å². The van der Waals surface area contributed by atoms with E-state index in [2.05, 4.69) is 4.72 Å². The highest BCUT2D eigenvalue weighted by molar-refractivity contribution is 7.89. The Hall–Kier alpha value is -1.81. The van der Waals surface area contributed by atoms with E-state index >= 15 is 0 Å². The standard InChI is InChI=1S/C25H33NO6S/c1-17-11-13-19(14-12-17)33(27,28)26-20(15-18-9-7-6-8-10-18)22-23(32-25(4,5)31-22)21-16-29-24(2,3)30-21/h6-14,20-23,26H,15-16H2,1-5H3/t20-,21-,22-,23-/m1/s1. The highest BCUT2D eigenvalue weighted by Crippen LogP contribution is 2.37. The van der Waals surface area contributed by atoms with Crippen LogP contribution in [0.5, 0.6) is 0 Å². The van der Waals surface area contributed by atoms with Crippen molar-refractivity contribution >= 4 is 10.0 Å². The van der Waals surface area contributed by atoms with Gasteiger partial charge < -0.3 is 18.9 Å². The normalized spacial score (nSPS) is 27.5. The second-order valence-electron chi connectivity index (χ2n) is 9.66. The molecule has 0 aromatic heterocycles. The van der Waals surface area contributed by atoms with Crippen LogP contribution in [0.1, 0.15) is 38.8 Å². The molecular weight excluding hydrogens is 442 g/mol. The zero-order valence-corrected chi connectivity index (χ0v) is 20.6. The van der Waals surface area contributed by atoms with Crippen LogP contribution < -0.4 is 4.72 Å². The Bertz CT molecular complexity index is 1050. The highest BCUT2D eigenvalue weighted by Gasteiger charge is 2.52. The van der Waals surface area contributed by atoms with Crippen molar-refractivity contribution in [2.45, 2.75) is 81.9 Å². The minimum Gasteiger partial charge on any atom is -0.348 e. The zero-order valence-electron chi connectivity index (χ0n) is 19.8. The summed E-state index contributed by atoms with van der Waals surface area (Å²) in [5.74, 6) is -1.63. The quantitative estimate of drug-likeness (QED) is 0.659. The smallest absolute Gasteiger partial charge is 0.240 e. The molecule has 2 aliphatic heterocycles. The fourth-order valence-corrected chi connectivity index (χ4v) is 5.62. The molecule has 180 valence electrons. The summed E-state index contributed by atoms with van der Waals surface area (Å²) in [6.45, 7) is 9.62. The van der Waals surface area contributed by atoms with E-state index in [0.29, 0.717) is 13.0 Å². The van der Waals surface area contributed by atoms with E-state index in [4.69, 9.17) is 18.9 Å². The average Bonchev–Trinajstić information content (AvgIpc) is 3.26. The van der Waals surface area contributed by atoms with Crippen LogP contribution in [-0.2, 0) is 35.4 Å². The van der Waals surface area contributed by atoms with Gasteiger partial charge in [-0.15, -0.1) is 0 Å². The molecule has 2 fully saturated rings. The molecular formula is C25H33NO6S. The molecule has 0 amide bonds. The van der Waals surface area contributed by atoms with Gasteiger partial charge in [-0.05, 0) is 58.7 Å². The van der Waals surface area contributed by atoms with Gasteiger partial charge in [-0.1, -0.05) is 48.0 Å². The van der Waals surface area contributed by atoms with Crippen LogP contribution in [0.4, 0.5) is 0 Å². The maximum atomic E-state index is 13.3. The summed E-state index contributed by atoms with van der Waals surface area (Å²) in [6.07, 6.45) is -1.03. The number of nitrogens with one attached hydrogen (secondary N) is 1. The van der Waals surface area contributed by atoms with Gasteiger partial charge in [-0.3, -0.25) is 0 Å². The van der Waals surface area contributed by atoms with Crippen LogP contribution in [0, 0.1) is 6.92 Å². The van der Waals surface area contributed by atoms with E-state index in [9.17, 15) is 8.42 Å². The largest absolute Gasteiger partial charge is 0.348 e. The lowest BCUT2D eigenvalue weighted by Gasteiger charge is -2.30. The number of ether oxygens (including phenoxy) is 4. The molecule has 0 spiro atoms. The molecule has 2 aromatic rings. The molecule has 0 saturated carbocycles. The Morgan fingerprint density at radius 2 is 1.61 bits per heavy atom. The number of sulfonamides is 1. The maximum absolute atomic E-state index is 13.3. The molecule has 4 rings (SSSR count). The molecule has 1 N–H and O–H groups in total. The van der Waals surface area contributed by atoms with Crippen molar-refractivity contribution in [2.75, 3.05) is 6.61 Å². The molecule has 2 saturated heterocycles. The summed E-state index contributed by atoms with van der Waals surface area (Å²) in [5, 5.41) is 0. The Balaban J connectivity index is 1.66. The van der Waals surface area contributed by atoms with Crippen LogP contribution in [0.2, 0.25) is 0 Å². The van der Waals surface area contributed by atoms with Gasteiger partial charge in [0, 0.05) is 0 Å². The minimum absolute atomic E-state index is 0.211. The first-order valence-electron chi connectivity index (χ1n) is 11.2. The lowest BCUT2D eigenvalue weighted by molar-refractivity contribution is -0.174. The molecule has 2 aromatic carbocycles. The van der Waals surface area contributed by atoms with E-state index in [-0.39, 0.29) is 11.0 Å². The molecule has 7 nitrogen and oxygen atoms in total. The van der Waals surface area contributed by atoms with E-state index in [1.54, 1.807) is 24.3 Å². The number of rotatable bonds is 7. The minimum atomic E-state index is -3.80. The van der Waals surface area contributed by atoms with Gasteiger partial charge in [-0.25, -0.2) is 13.1 Å². The predicted molar refractivity (Wildman–Crippen MR) is 124 cm³/mol. The van der Waals surface area contributed by atoms with Gasteiger partial charge in [0.1, 0.15) is 18.3 Å². The first kappa shape index (κ1) is 24.3. The summed E-state index contributed by atoms with van der Waals surface area (Å²) in [6, 6.07) is 16.0. The summed E-state index contributed by atoms with van der Waals surface area (Å²) in [4.78, 5) is 0.211. The van der Waals surface area contributed by atoms with Crippen LogP contribution in [0.25, 0.3) is 0 Å². The summed E-state index contributed by atoms with van der Waals surface area (Å²) in [5.41, 5.74) is 1.98. The fourth-order valence-electron chi connectivity index (χ4n) is 4.37. The van der Waals surface area contributed by atoms with Gasteiger partial charge >= 0.3 is 0 Å². The molecule has 0 radical (unpaired) electrons. The van der Waals surface area contributed by atoms with Gasteiger partial charge in [0.25, 0.3) is 0 Å². The Morgan fingerprint density at radius 3 is 2.21 bits per heavy atom. The van der Waals surface area contributed by atoms with Crippen molar-refractivity contribution in [3.8, 4) is 0 Å². The second kappa shape index (κ2) is 9.09. The molecule has 33 heavy (non-hydrogen) atoms. The van der Waals surface area contributed by atoms with Gasteiger partial charge in [0.2, 0.25) is 10.0 Å². The lowest BCUT2D eigenvalue weighted by atomic mass is 9.96. The van der Waals surface area contributed by atoms with Crippen molar-refractivity contribution < 1.29 is 27.4 Å². The van der Waals surface area contributed by atoms with Crippen molar-refractivity contribution in [2.24, 2.45) is 0 Å². The fraction of sp³-hybridized carbons (Fsp3) is 0.520. The number of aryl methyl sites for hydroxylation is 1. The summed E-state index contributed by atoms with van der Waals surface area (Å²) < 4.78 is 53.9. The monoisotopic (exact) mass is 475 g/mol. The average molecular weight is 476 g/mol. The number of benzene rings is 2. The summed E-state index contributed by atoms with van der Waals surface area (Å²) in [7, 11) is -3.80. The Morgan fingerprint density at radius 1 is 0.939 bits per heavy atom. The number of hydrogen-bond acceptors (Lipinski definition) is 6. The van der Waals surface area contributed by atoms with Crippen molar-refractivity contribution in [3.05, 3.63) is 65.7 Å². The topological polar surface area (TPSA) is 83.1 Å². The highest BCUT2D eigenvalue weighted by atomic mass is 32.2. The first-order chi connectivity index (χ1) is 15.4. The second-order valence-corrected chi connectivity index (χ2v) is 11.4. The van der Waals surface area contributed by atoms with E-state index in [1.165, 1.54) is 0 Å². The molecule has 0 bridgehead atoms. The molecule has 2 aliphatic rings. The van der Waals surface area contributed by atoms with Gasteiger partial charge in [0.05, 0.1) is 17.5 Å².